The number of aliphatic hydroxyl groups is 1. The van der Waals surface area contributed by atoms with Crippen molar-refractivity contribution in [2.24, 2.45) is 40.4 Å². The summed E-state index contributed by atoms with van der Waals surface area (Å²) in [6.45, 7) is 7.97. The summed E-state index contributed by atoms with van der Waals surface area (Å²) in [5.41, 5.74) is 0.468. The molecule has 0 unspecified atom stereocenters. The Morgan fingerprint density at radius 2 is 1.61 bits per heavy atom. The fourth-order valence-electron chi connectivity index (χ4n) is 9.76. The van der Waals surface area contributed by atoms with Gasteiger partial charge in [-0.15, -0.1) is 0 Å². The zero-order valence-corrected chi connectivity index (χ0v) is 25.1. The van der Waals surface area contributed by atoms with Gasteiger partial charge >= 0.3 is 0 Å². The molecule has 4 fully saturated rings. The van der Waals surface area contributed by atoms with Gasteiger partial charge in [0.1, 0.15) is 5.78 Å². The minimum atomic E-state index is -0.111. The summed E-state index contributed by atoms with van der Waals surface area (Å²) in [6, 6.07) is 0. The summed E-state index contributed by atoms with van der Waals surface area (Å²) in [6.07, 6.45) is 22.7. The molecule has 0 saturated heterocycles. The molecule has 0 bridgehead atoms. The maximum Gasteiger partial charge on any atom is 0.219 e. The summed E-state index contributed by atoms with van der Waals surface area (Å²) >= 11 is 0. The van der Waals surface area contributed by atoms with Gasteiger partial charge in [-0.2, -0.15) is 0 Å². The van der Waals surface area contributed by atoms with Crippen LogP contribution in [0.3, 0.4) is 0 Å². The number of hydrogen-bond donors (Lipinski definition) is 2. The molecule has 4 aliphatic rings. The molecule has 4 saturated carbocycles. The summed E-state index contributed by atoms with van der Waals surface area (Å²) in [7, 11) is 0. The van der Waals surface area contributed by atoms with Crippen molar-refractivity contribution < 1.29 is 14.7 Å². The number of unbranched alkanes of at least 4 members (excludes halogenated alkanes) is 8. The van der Waals surface area contributed by atoms with Crippen molar-refractivity contribution >= 4 is 11.7 Å². The third-order valence-electron chi connectivity index (χ3n) is 12.2. The Morgan fingerprint density at radius 1 is 0.895 bits per heavy atom. The van der Waals surface area contributed by atoms with Crippen LogP contribution in [0.15, 0.2) is 0 Å². The zero-order valence-electron chi connectivity index (χ0n) is 25.1. The molecule has 0 aromatic heterocycles. The van der Waals surface area contributed by atoms with Crippen molar-refractivity contribution in [2.45, 2.75) is 155 Å². The quantitative estimate of drug-likeness (QED) is 0.224. The van der Waals surface area contributed by atoms with Gasteiger partial charge in [0, 0.05) is 25.8 Å². The Bertz CT molecular complexity index is 782. The van der Waals surface area contributed by atoms with Gasteiger partial charge in [-0.05, 0) is 91.8 Å². The molecular weight excluding hydrogens is 470 g/mol. The minimum absolute atomic E-state index is 0.111. The second-order valence-electron chi connectivity index (χ2n) is 14.4. The lowest BCUT2D eigenvalue weighted by atomic mass is 9.42. The van der Waals surface area contributed by atoms with E-state index in [9.17, 15) is 14.7 Å². The highest BCUT2D eigenvalue weighted by Crippen LogP contribution is 2.67. The number of ketones is 1. The summed E-state index contributed by atoms with van der Waals surface area (Å²) in [5, 5.41) is 14.0. The third kappa shape index (κ3) is 6.69. The van der Waals surface area contributed by atoms with Gasteiger partial charge in [0.05, 0.1) is 6.10 Å². The lowest BCUT2D eigenvalue weighted by Gasteiger charge is -2.62. The maximum absolute atomic E-state index is 12.5. The van der Waals surface area contributed by atoms with Crippen LogP contribution in [0.2, 0.25) is 0 Å². The number of nitrogens with one attached hydrogen (secondary N) is 1. The summed E-state index contributed by atoms with van der Waals surface area (Å²) < 4.78 is 0. The van der Waals surface area contributed by atoms with E-state index in [1.165, 1.54) is 83.5 Å². The van der Waals surface area contributed by atoms with Crippen LogP contribution in [-0.4, -0.2) is 29.4 Å². The van der Waals surface area contributed by atoms with Gasteiger partial charge in [-0.25, -0.2) is 0 Å². The second kappa shape index (κ2) is 13.6. The Labute approximate surface area is 233 Å². The molecule has 4 nitrogen and oxygen atoms in total. The van der Waals surface area contributed by atoms with Gasteiger partial charge in [0.15, 0.2) is 0 Å². The summed E-state index contributed by atoms with van der Waals surface area (Å²) in [5.74, 6) is 4.27. The van der Waals surface area contributed by atoms with Gasteiger partial charge in [-0.1, -0.05) is 78.6 Å². The molecule has 2 N–H and O–H groups in total. The van der Waals surface area contributed by atoms with Crippen molar-refractivity contribution in [1.29, 1.82) is 0 Å². The van der Waals surface area contributed by atoms with E-state index in [0.717, 1.165) is 62.8 Å². The number of Topliss-reactive ketones (excluding diaryl/α,β-unsaturated/α-hetero) is 1. The zero-order chi connectivity index (χ0) is 27.2. The third-order valence-corrected chi connectivity index (χ3v) is 12.2. The van der Waals surface area contributed by atoms with Crippen molar-refractivity contribution in [2.75, 3.05) is 6.54 Å². The van der Waals surface area contributed by atoms with E-state index in [1.54, 1.807) is 0 Å². The van der Waals surface area contributed by atoms with E-state index < -0.39 is 0 Å². The van der Waals surface area contributed by atoms with Crippen LogP contribution in [0.1, 0.15) is 149 Å². The monoisotopic (exact) mass is 529 g/mol. The van der Waals surface area contributed by atoms with E-state index in [0.29, 0.717) is 29.5 Å². The predicted molar refractivity (Wildman–Crippen MR) is 156 cm³/mol. The van der Waals surface area contributed by atoms with Crippen LogP contribution >= 0.6 is 0 Å². The highest BCUT2D eigenvalue weighted by Gasteiger charge is 2.62. The smallest absolute Gasteiger partial charge is 0.219 e. The number of aliphatic hydroxyl groups excluding tert-OH is 1. The molecule has 8 atom stereocenters. The van der Waals surface area contributed by atoms with E-state index >= 15 is 0 Å². The fourth-order valence-corrected chi connectivity index (χ4v) is 9.76. The van der Waals surface area contributed by atoms with E-state index in [4.69, 9.17) is 0 Å². The molecule has 0 heterocycles. The Kier molecular flexibility index (Phi) is 10.8. The molecule has 0 spiro atoms. The minimum Gasteiger partial charge on any atom is -0.393 e. The number of rotatable bonds is 14. The van der Waals surface area contributed by atoms with Crippen LogP contribution in [0.25, 0.3) is 0 Å². The molecule has 0 radical (unpaired) electrons. The average molecular weight is 530 g/mol. The average Bonchev–Trinajstić information content (AvgIpc) is 3.20. The molecule has 0 aliphatic heterocycles. The Balaban J connectivity index is 1.20. The van der Waals surface area contributed by atoms with Crippen molar-refractivity contribution in [3.05, 3.63) is 0 Å². The summed E-state index contributed by atoms with van der Waals surface area (Å²) in [4.78, 5) is 24.4. The topological polar surface area (TPSA) is 66.4 Å². The Morgan fingerprint density at radius 3 is 2.37 bits per heavy atom. The normalized spacial score (nSPS) is 38.4. The van der Waals surface area contributed by atoms with Crippen LogP contribution in [0.4, 0.5) is 0 Å². The highest BCUT2D eigenvalue weighted by molar-refractivity contribution is 5.79. The molecule has 38 heavy (non-hydrogen) atoms. The molecule has 0 aromatic rings. The van der Waals surface area contributed by atoms with Crippen LogP contribution in [0, 0.1) is 40.4 Å². The lowest BCUT2D eigenvalue weighted by Crippen LogP contribution is -2.57. The van der Waals surface area contributed by atoms with Crippen molar-refractivity contribution in [3.63, 3.8) is 0 Å². The first-order chi connectivity index (χ1) is 18.3. The second-order valence-corrected chi connectivity index (χ2v) is 14.4. The van der Waals surface area contributed by atoms with Crippen molar-refractivity contribution in [3.8, 4) is 0 Å². The predicted octanol–water partition coefficient (Wildman–Crippen LogP) is 8.00. The van der Waals surface area contributed by atoms with Gasteiger partial charge < -0.3 is 10.4 Å². The number of amides is 1. The van der Waals surface area contributed by atoms with Gasteiger partial charge in [-0.3, -0.25) is 9.59 Å². The van der Waals surface area contributed by atoms with Gasteiger partial charge in [0.2, 0.25) is 5.91 Å². The molecule has 4 rings (SSSR count). The van der Waals surface area contributed by atoms with E-state index in [2.05, 4.69) is 26.1 Å². The number of carbonyl (C=O) groups excluding carboxylic acids is 2. The number of fused-ring (bicyclic) bond motifs is 5. The van der Waals surface area contributed by atoms with Gasteiger partial charge in [0.25, 0.3) is 0 Å². The first-order valence-electron chi connectivity index (χ1n) is 16.8. The lowest BCUT2D eigenvalue weighted by molar-refractivity contribution is -0.156. The fraction of sp³-hybridized carbons (Fsp3) is 0.941. The first-order valence-corrected chi connectivity index (χ1v) is 16.8. The molecule has 218 valence electrons. The number of hydrogen-bond acceptors (Lipinski definition) is 3. The Hall–Kier alpha value is -0.900. The molecule has 4 heteroatoms. The first kappa shape index (κ1) is 30.1. The van der Waals surface area contributed by atoms with Crippen molar-refractivity contribution in [1.82, 2.24) is 5.32 Å². The van der Waals surface area contributed by atoms with E-state index in [-0.39, 0.29) is 17.4 Å². The van der Waals surface area contributed by atoms with E-state index in [1.807, 2.05) is 0 Å². The maximum atomic E-state index is 12.5. The SMILES string of the molecule is CCCCCNC(=O)CCCCCCCCC[C@@H]1C[C@H]2CC(=O)CC[C@]2(C)[C@H]2CC[C@]3(C)[C@@H](O)CC[C@H]3[C@H]12. The molecular formula is C34H59NO3. The largest absolute Gasteiger partial charge is 0.393 e. The molecule has 1 amide bonds. The standard InChI is InChI=1S/C34H59NO3/c1-4-5-13-22-35-31(38)15-12-10-8-6-7-9-11-14-25-23-26-24-27(36)18-20-33(26,2)29-19-21-34(3)28(32(25)29)16-17-30(34)37/h25-26,28-30,32,37H,4-24H2,1-3H3,(H,35,38)/t25-,26+,28+,29+,30+,32+,33+,34+/m1/s1. The molecule has 4 aliphatic carbocycles. The van der Waals surface area contributed by atoms with Crippen LogP contribution in [-0.2, 0) is 9.59 Å². The highest BCUT2D eigenvalue weighted by atomic mass is 16.3. The number of carbonyl (C=O) groups is 2. The van der Waals surface area contributed by atoms with Crippen LogP contribution < -0.4 is 5.32 Å². The van der Waals surface area contributed by atoms with Crippen LogP contribution in [0.5, 0.6) is 0 Å². The molecule has 0 aromatic carbocycles.